The number of para-hydroxylation sites is 1. The number of aromatic hydroxyl groups is 1. The smallest absolute Gasteiger partial charge is 0.330 e. The third-order valence-corrected chi connectivity index (χ3v) is 3.71. The first kappa shape index (κ1) is 12.7. The van der Waals surface area contributed by atoms with Crippen molar-refractivity contribution in [3.8, 4) is 5.88 Å². The van der Waals surface area contributed by atoms with Gasteiger partial charge >= 0.3 is 5.69 Å². The number of hydrogen-bond donors (Lipinski definition) is 1. The first-order valence-corrected chi connectivity index (χ1v) is 6.38. The number of aliphatic imine (C=N–C) groups is 1. The Morgan fingerprint density at radius 1 is 1.30 bits per heavy atom. The molecule has 5 nitrogen and oxygen atoms in total. The highest BCUT2D eigenvalue weighted by molar-refractivity contribution is 6.35. The summed E-state index contributed by atoms with van der Waals surface area (Å²) in [6.45, 7) is 0. The van der Waals surface area contributed by atoms with E-state index >= 15 is 0 Å². The molecular formula is C14H12ClN3O2. The third-order valence-electron chi connectivity index (χ3n) is 3.40. The van der Waals surface area contributed by atoms with Gasteiger partial charge in [-0.25, -0.2) is 4.79 Å². The molecule has 0 spiro atoms. The van der Waals surface area contributed by atoms with Crippen molar-refractivity contribution in [3.63, 3.8) is 0 Å². The number of imidazole rings is 1. The summed E-state index contributed by atoms with van der Waals surface area (Å²) in [5, 5.41) is 10.6. The second kappa shape index (κ2) is 4.38. The molecule has 2 heterocycles. The highest BCUT2D eigenvalue weighted by atomic mass is 35.5. The lowest BCUT2D eigenvalue weighted by molar-refractivity contribution is 0.428. The summed E-state index contributed by atoms with van der Waals surface area (Å²) in [6.07, 6.45) is 3.40. The van der Waals surface area contributed by atoms with Crippen molar-refractivity contribution >= 4 is 35.2 Å². The molecule has 3 rings (SSSR count). The Morgan fingerprint density at radius 3 is 2.70 bits per heavy atom. The number of rotatable bonds is 1. The summed E-state index contributed by atoms with van der Waals surface area (Å²) >= 11 is 6.08. The van der Waals surface area contributed by atoms with Crippen molar-refractivity contribution in [2.24, 2.45) is 19.1 Å². The highest BCUT2D eigenvalue weighted by Crippen LogP contribution is 2.38. The number of fused-ring (bicyclic) bond motifs is 1. The molecule has 1 aliphatic heterocycles. The zero-order chi connectivity index (χ0) is 14.4. The van der Waals surface area contributed by atoms with E-state index in [1.165, 1.54) is 16.2 Å². The number of benzene rings is 1. The molecule has 6 heteroatoms. The van der Waals surface area contributed by atoms with Crippen LogP contribution in [0.2, 0.25) is 5.02 Å². The maximum Gasteiger partial charge on any atom is 0.330 e. The maximum atomic E-state index is 11.8. The molecule has 0 bridgehead atoms. The lowest BCUT2D eigenvalue weighted by Crippen LogP contribution is -2.19. The fourth-order valence-corrected chi connectivity index (χ4v) is 2.47. The van der Waals surface area contributed by atoms with Gasteiger partial charge in [-0.3, -0.25) is 14.1 Å². The van der Waals surface area contributed by atoms with Gasteiger partial charge in [0.05, 0.1) is 10.7 Å². The molecule has 0 amide bonds. The van der Waals surface area contributed by atoms with Crippen molar-refractivity contribution in [1.29, 1.82) is 0 Å². The van der Waals surface area contributed by atoms with Gasteiger partial charge in [0, 0.05) is 31.4 Å². The van der Waals surface area contributed by atoms with Crippen LogP contribution < -0.4 is 5.69 Å². The Hall–Kier alpha value is -2.27. The monoisotopic (exact) mass is 289 g/mol. The van der Waals surface area contributed by atoms with Crippen LogP contribution in [0.15, 0.2) is 28.0 Å². The lowest BCUT2D eigenvalue weighted by atomic mass is 10.1. The van der Waals surface area contributed by atoms with Gasteiger partial charge in [-0.2, -0.15) is 0 Å². The van der Waals surface area contributed by atoms with Crippen LogP contribution >= 0.6 is 11.6 Å². The Kier molecular flexibility index (Phi) is 2.79. The van der Waals surface area contributed by atoms with Crippen LogP contribution in [0, 0.1) is 0 Å². The topological polar surface area (TPSA) is 59.5 Å². The molecule has 0 fully saturated rings. The van der Waals surface area contributed by atoms with Crippen LogP contribution in [0.3, 0.4) is 0 Å². The quantitative estimate of drug-likeness (QED) is 0.876. The average molecular weight is 290 g/mol. The van der Waals surface area contributed by atoms with Gasteiger partial charge in [0.1, 0.15) is 5.69 Å². The molecule has 1 N–H and O–H groups in total. The molecule has 20 heavy (non-hydrogen) atoms. The Balaban J connectivity index is 2.19. The van der Waals surface area contributed by atoms with Gasteiger partial charge in [0.25, 0.3) is 0 Å². The molecule has 0 aliphatic carbocycles. The maximum absolute atomic E-state index is 11.8. The normalized spacial score (nSPS) is 15.1. The first-order valence-electron chi connectivity index (χ1n) is 6.00. The molecule has 2 aromatic rings. The lowest BCUT2D eigenvalue weighted by Gasteiger charge is -2.02. The van der Waals surface area contributed by atoms with E-state index in [1.807, 2.05) is 12.1 Å². The highest BCUT2D eigenvalue weighted by Gasteiger charge is 2.18. The molecule has 0 atom stereocenters. The van der Waals surface area contributed by atoms with Gasteiger partial charge in [0.2, 0.25) is 5.88 Å². The van der Waals surface area contributed by atoms with Crippen LogP contribution in [-0.2, 0) is 14.1 Å². The standard InChI is InChI=1S/C14H12ClN3O2/c1-17-11(13(19)18(2)14(17)20)6-8-7-16-12-9(8)4-3-5-10(12)15/h3-7,19H,1-2H3. The predicted molar refractivity (Wildman–Crippen MR) is 79.8 cm³/mol. The van der Waals surface area contributed by atoms with Crippen LogP contribution in [0.4, 0.5) is 5.69 Å². The number of hydrogen-bond acceptors (Lipinski definition) is 3. The van der Waals surface area contributed by atoms with E-state index in [0.717, 1.165) is 11.1 Å². The molecule has 1 aromatic carbocycles. The van der Waals surface area contributed by atoms with Gasteiger partial charge in [-0.1, -0.05) is 23.7 Å². The van der Waals surface area contributed by atoms with Crippen LogP contribution in [0.5, 0.6) is 5.88 Å². The van der Waals surface area contributed by atoms with Crippen molar-refractivity contribution in [3.05, 3.63) is 45.0 Å². The summed E-state index contributed by atoms with van der Waals surface area (Å²) in [5.74, 6) is -0.0751. The number of allylic oxidation sites excluding steroid dienone is 1. The van der Waals surface area contributed by atoms with Crippen LogP contribution in [-0.4, -0.2) is 20.5 Å². The summed E-state index contributed by atoms with van der Waals surface area (Å²) < 4.78 is 2.58. The first-order chi connectivity index (χ1) is 9.50. The minimum absolute atomic E-state index is 0.0751. The third kappa shape index (κ3) is 1.71. The van der Waals surface area contributed by atoms with E-state index < -0.39 is 0 Å². The van der Waals surface area contributed by atoms with Crippen LogP contribution in [0.1, 0.15) is 11.3 Å². The summed E-state index contributed by atoms with van der Waals surface area (Å²) in [4.78, 5) is 16.0. The molecule has 0 radical (unpaired) electrons. The van der Waals surface area contributed by atoms with Crippen molar-refractivity contribution in [1.82, 2.24) is 9.13 Å². The molecule has 0 unspecified atom stereocenters. The SMILES string of the molecule is Cn1c(O)c(C=C2C=Nc3c(Cl)cccc32)n(C)c1=O. The van der Waals surface area contributed by atoms with E-state index in [1.54, 1.807) is 25.4 Å². The second-order valence-corrected chi connectivity index (χ2v) is 5.01. The van der Waals surface area contributed by atoms with Gasteiger partial charge in [0.15, 0.2) is 0 Å². The summed E-state index contributed by atoms with van der Waals surface area (Å²) in [5.41, 5.74) is 2.55. The molecule has 1 aromatic heterocycles. The predicted octanol–water partition coefficient (Wildman–Crippen LogP) is 2.34. The van der Waals surface area contributed by atoms with Gasteiger partial charge in [-0.05, 0) is 12.1 Å². The van der Waals surface area contributed by atoms with E-state index in [9.17, 15) is 9.90 Å². The Morgan fingerprint density at radius 2 is 2.05 bits per heavy atom. The molecular weight excluding hydrogens is 278 g/mol. The van der Waals surface area contributed by atoms with Gasteiger partial charge in [-0.15, -0.1) is 0 Å². The minimum Gasteiger partial charge on any atom is -0.493 e. The van der Waals surface area contributed by atoms with E-state index in [-0.39, 0.29) is 11.6 Å². The molecule has 102 valence electrons. The fraction of sp³-hybridized carbons (Fsp3) is 0.143. The Bertz CT molecular complexity index is 828. The zero-order valence-electron chi connectivity index (χ0n) is 11.0. The summed E-state index contributed by atoms with van der Waals surface area (Å²) in [7, 11) is 3.13. The van der Waals surface area contributed by atoms with E-state index in [4.69, 9.17) is 11.6 Å². The number of aromatic nitrogens is 2. The van der Waals surface area contributed by atoms with Crippen molar-refractivity contribution in [2.45, 2.75) is 0 Å². The number of nitrogens with zero attached hydrogens (tertiary/aromatic N) is 3. The Labute approximate surface area is 120 Å². The van der Waals surface area contributed by atoms with Crippen molar-refractivity contribution in [2.75, 3.05) is 0 Å². The fourth-order valence-electron chi connectivity index (χ4n) is 2.25. The van der Waals surface area contributed by atoms with Gasteiger partial charge < -0.3 is 5.11 Å². The number of halogens is 1. The van der Waals surface area contributed by atoms with Crippen molar-refractivity contribution < 1.29 is 5.11 Å². The largest absolute Gasteiger partial charge is 0.493 e. The summed E-state index contributed by atoms with van der Waals surface area (Å²) in [6, 6.07) is 5.52. The molecule has 1 aliphatic rings. The zero-order valence-corrected chi connectivity index (χ0v) is 11.7. The minimum atomic E-state index is -0.282. The average Bonchev–Trinajstić information content (AvgIpc) is 2.92. The van der Waals surface area contributed by atoms with E-state index in [0.29, 0.717) is 16.4 Å². The molecule has 0 saturated carbocycles. The molecule has 0 saturated heterocycles. The van der Waals surface area contributed by atoms with E-state index in [2.05, 4.69) is 4.99 Å². The van der Waals surface area contributed by atoms with Crippen LogP contribution in [0.25, 0.3) is 11.6 Å². The second-order valence-electron chi connectivity index (χ2n) is 4.60.